The number of ketones is 2. The van der Waals surface area contributed by atoms with Crippen LogP contribution in [-0.4, -0.2) is 11.6 Å². The van der Waals surface area contributed by atoms with E-state index in [1.165, 1.54) is 5.56 Å². The summed E-state index contributed by atoms with van der Waals surface area (Å²) in [6, 6.07) is 7.96. The van der Waals surface area contributed by atoms with Crippen molar-refractivity contribution in [3.8, 4) is 0 Å². The first-order valence-corrected chi connectivity index (χ1v) is 8.14. The smallest absolute Gasteiger partial charge is 0.177 e. The van der Waals surface area contributed by atoms with E-state index in [2.05, 4.69) is 19.9 Å². The molecule has 2 nitrogen and oxygen atoms in total. The zero-order chi connectivity index (χ0) is 16.5. The number of rotatable bonds is 0. The lowest BCUT2D eigenvalue weighted by atomic mass is 9.79. The topological polar surface area (TPSA) is 34.1 Å². The Kier molecular flexibility index (Phi) is 2.76. The Morgan fingerprint density at radius 1 is 0.783 bits per heavy atom. The summed E-state index contributed by atoms with van der Waals surface area (Å²) >= 11 is 0. The fourth-order valence-electron chi connectivity index (χ4n) is 4.36. The van der Waals surface area contributed by atoms with E-state index < -0.39 is 5.41 Å². The average Bonchev–Trinajstić information content (AvgIpc) is 2.94. The van der Waals surface area contributed by atoms with Crippen molar-refractivity contribution in [1.29, 1.82) is 0 Å². The van der Waals surface area contributed by atoms with Crippen LogP contribution >= 0.6 is 0 Å². The number of hydrogen-bond acceptors (Lipinski definition) is 2. The highest BCUT2D eigenvalue weighted by Gasteiger charge is 2.56. The molecule has 0 aliphatic heterocycles. The molecular formula is C21H20O2. The molecule has 0 radical (unpaired) electrons. The second-order valence-corrected chi connectivity index (χ2v) is 7.24. The van der Waals surface area contributed by atoms with Crippen LogP contribution in [0.1, 0.15) is 54.1 Å². The van der Waals surface area contributed by atoms with E-state index in [0.717, 1.165) is 38.9 Å². The van der Waals surface area contributed by atoms with Crippen molar-refractivity contribution < 1.29 is 9.59 Å². The minimum absolute atomic E-state index is 0.0221. The van der Waals surface area contributed by atoms with Crippen LogP contribution in [0.3, 0.4) is 0 Å². The number of hydrogen-bond donors (Lipinski definition) is 0. The molecule has 23 heavy (non-hydrogen) atoms. The van der Waals surface area contributed by atoms with Gasteiger partial charge in [0.1, 0.15) is 5.41 Å². The fraction of sp³-hybridized carbons (Fsp3) is 0.333. The van der Waals surface area contributed by atoms with Crippen molar-refractivity contribution in [2.45, 2.75) is 40.5 Å². The van der Waals surface area contributed by atoms with Crippen molar-refractivity contribution in [2.24, 2.45) is 5.41 Å². The summed E-state index contributed by atoms with van der Waals surface area (Å²) in [6.07, 6.45) is 1.11. The largest absolute Gasteiger partial charge is 0.293 e. The lowest BCUT2D eigenvalue weighted by Crippen LogP contribution is -2.34. The number of carbonyl (C=O) groups is 2. The maximum absolute atomic E-state index is 13.2. The number of benzene rings is 2. The van der Waals surface area contributed by atoms with Crippen molar-refractivity contribution in [3.05, 3.63) is 68.8 Å². The zero-order valence-electron chi connectivity index (χ0n) is 14.0. The first-order chi connectivity index (χ1) is 10.8. The third-order valence-corrected chi connectivity index (χ3v) is 5.80. The van der Waals surface area contributed by atoms with Crippen LogP contribution in [-0.2, 0) is 12.8 Å². The van der Waals surface area contributed by atoms with E-state index >= 15 is 0 Å². The highest BCUT2D eigenvalue weighted by atomic mass is 16.2. The highest BCUT2D eigenvalue weighted by Crippen LogP contribution is 2.48. The predicted molar refractivity (Wildman–Crippen MR) is 90.3 cm³/mol. The summed E-state index contributed by atoms with van der Waals surface area (Å²) in [5.74, 6) is 0.0476. The lowest BCUT2D eigenvalue weighted by molar-refractivity contribution is 0.0705. The van der Waals surface area contributed by atoms with Gasteiger partial charge in [0, 0.05) is 11.1 Å². The molecule has 0 aromatic heterocycles. The molecule has 4 rings (SSSR count). The minimum Gasteiger partial charge on any atom is -0.293 e. The van der Waals surface area contributed by atoms with Crippen LogP contribution in [0.4, 0.5) is 0 Å². The monoisotopic (exact) mass is 304 g/mol. The van der Waals surface area contributed by atoms with E-state index in [1.54, 1.807) is 0 Å². The zero-order valence-corrected chi connectivity index (χ0v) is 14.0. The number of fused-ring (bicyclic) bond motifs is 2. The van der Waals surface area contributed by atoms with Gasteiger partial charge in [0.05, 0.1) is 0 Å². The van der Waals surface area contributed by atoms with Crippen LogP contribution < -0.4 is 0 Å². The van der Waals surface area contributed by atoms with E-state index in [4.69, 9.17) is 0 Å². The second kappa shape index (κ2) is 4.41. The first kappa shape index (κ1) is 14.4. The SMILES string of the molecule is Cc1cc(C)c2c(c1)C(=O)C1(C2)Cc2c(ccc(C)c2C)C1=O. The Morgan fingerprint density at radius 2 is 1.43 bits per heavy atom. The molecule has 2 aliphatic rings. The maximum atomic E-state index is 13.2. The van der Waals surface area contributed by atoms with Gasteiger partial charge < -0.3 is 0 Å². The molecule has 0 amide bonds. The van der Waals surface area contributed by atoms with Gasteiger partial charge in [-0.25, -0.2) is 0 Å². The third-order valence-electron chi connectivity index (χ3n) is 5.80. The van der Waals surface area contributed by atoms with Gasteiger partial charge in [-0.05, 0) is 74.4 Å². The molecule has 0 bridgehead atoms. The number of Topliss-reactive ketones (excluding diaryl/α,β-unsaturated/α-hetero) is 2. The second-order valence-electron chi connectivity index (χ2n) is 7.24. The van der Waals surface area contributed by atoms with Gasteiger partial charge in [0.2, 0.25) is 0 Å². The minimum atomic E-state index is -0.887. The van der Waals surface area contributed by atoms with Crippen LogP contribution in [0.15, 0.2) is 24.3 Å². The Labute approximate surface area is 136 Å². The summed E-state index contributed by atoms with van der Waals surface area (Å²) in [5, 5.41) is 0. The normalized spacial score (nSPS) is 21.9. The molecule has 1 spiro atoms. The van der Waals surface area contributed by atoms with Crippen molar-refractivity contribution >= 4 is 11.6 Å². The molecule has 116 valence electrons. The molecule has 2 aliphatic carbocycles. The molecule has 0 heterocycles. The van der Waals surface area contributed by atoms with Crippen molar-refractivity contribution in [3.63, 3.8) is 0 Å². The van der Waals surface area contributed by atoms with Crippen LogP contribution in [0.5, 0.6) is 0 Å². The Bertz CT molecular complexity index is 905. The standard InChI is InChI=1S/C21H20O2/c1-11-7-13(3)17-9-21(20(23)16(17)8-11)10-18-14(4)12(2)5-6-15(18)19(21)22/h5-8H,9-10H2,1-4H3. The van der Waals surface area contributed by atoms with Gasteiger partial charge in [-0.2, -0.15) is 0 Å². The van der Waals surface area contributed by atoms with Crippen LogP contribution in [0.25, 0.3) is 0 Å². The lowest BCUT2D eigenvalue weighted by Gasteiger charge is -2.18. The van der Waals surface area contributed by atoms with E-state index in [0.29, 0.717) is 12.8 Å². The van der Waals surface area contributed by atoms with Gasteiger partial charge in [-0.1, -0.05) is 23.8 Å². The number of aryl methyl sites for hydroxylation is 3. The molecule has 0 saturated carbocycles. The summed E-state index contributed by atoms with van der Waals surface area (Å²) in [6.45, 7) is 8.16. The van der Waals surface area contributed by atoms with Gasteiger partial charge in [-0.15, -0.1) is 0 Å². The summed E-state index contributed by atoms with van der Waals surface area (Å²) in [7, 11) is 0. The van der Waals surface area contributed by atoms with Crippen LogP contribution in [0.2, 0.25) is 0 Å². The molecule has 2 aromatic rings. The molecule has 2 aromatic carbocycles. The summed E-state index contributed by atoms with van der Waals surface area (Å²) < 4.78 is 0. The quantitative estimate of drug-likeness (QED) is 0.687. The number of carbonyl (C=O) groups excluding carboxylic acids is 2. The highest BCUT2D eigenvalue weighted by molar-refractivity contribution is 6.25. The molecule has 0 fully saturated rings. The molecule has 0 N–H and O–H groups in total. The third kappa shape index (κ3) is 1.69. The Morgan fingerprint density at radius 3 is 2.17 bits per heavy atom. The fourth-order valence-corrected chi connectivity index (χ4v) is 4.36. The molecule has 1 atom stereocenters. The molecule has 0 saturated heterocycles. The summed E-state index contributed by atoms with van der Waals surface area (Å²) in [5.41, 5.74) is 7.32. The Balaban J connectivity index is 1.90. The molecule has 1 unspecified atom stereocenters. The molecule has 2 heteroatoms. The molecular weight excluding hydrogens is 284 g/mol. The average molecular weight is 304 g/mol. The van der Waals surface area contributed by atoms with Gasteiger partial charge >= 0.3 is 0 Å². The first-order valence-electron chi connectivity index (χ1n) is 8.14. The van der Waals surface area contributed by atoms with Crippen LogP contribution in [0, 0.1) is 33.1 Å². The van der Waals surface area contributed by atoms with Crippen molar-refractivity contribution in [2.75, 3.05) is 0 Å². The van der Waals surface area contributed by atoms with Gasteiger partial charge in [0.15, 0.2) is 11.6 Å². The van der Waals surface area contributed by atoms with E-state index in [1.807, 2.05) is 32.0 Å². The van der Waals surface area contributed by atoms with Gasteiger partial charge in [-0.3, -0.25) is 9.59 Å². The van der Waals surface area contributed by atoms with E-state index in [9.17, 15) is 9.59 Å². The van der Waals surface area contributed by atoms with Crippen molar-refractivity contribution in [1.82, 2.24) is 0 Å². The van der Waals surface area contributed by atoms with E-state index in [-0.39, 0.29) is 11.6 Å². The maximum Gasteiger partial charge on any atom is 0.177 e. The Hall–Kier alpha value is -2.22. The van der Waals surface area contributed by atoms with Gasteiger partial charge in [0.25, 0.3) is 0 Å². The summed E-state index contributed by atoms with van der Waals surface area (Å²) in [4.78, 5) is 26.3. The predicted octanol–water partition coefficient (Wildman–Crippen LogP) is 4.08.